The van der Waals surface area contributed by atoms with Crippen LogP contribution < -0.4 is 5.32 Å². The Morgan fingerprint density at radius 3 is 2.76 bits per heavy atom. The molecule has 5 nitrogen and oxygen atoms in total. The van der Waals surface area contributed by atoms with E-state index in [1.807, 2.05) is 42.5 Å². The van der Waals surface area contributed by atoms with Gasteiger partial charge in [-0.1, -0.05) is 36.4 Å². The molecule has 3 N–H and O–H groups in total. The van der Waals surface area contributed by atoms with Crippen molar-refractivity contribution in [2.24, 2.45) is 0 Å². The number of fused-ring (bicyclic) bond motifs is 1. The van der Waals surface area contributed by atoms with Gasteiger partial charge in [-0.2, -0.15) is 5.10 Å². The highest BCUT2D eigenvalue weighted by Gasteiger charge is 2.11. The van der Waals surface area contributed by atoms with E-state index in [-0.39, 0.29) is 12.5 Å². The highest BCUT2D eigenvalue weighted by Crippen LogP contribution is 2.20. The van der Waals surface area contributed by atoms with Crippen molar-refractivity contribution in [3.8, 4) is 0 Å². The first-order chi connectivity index (χ1) is 10.2. The summed E-state index contributed by atoms with van der Waals surface area (Å²) in [6.07, 6.45) is 0.760. The predicted molar refractivity (Wildman–Crippen MR) is 79.8 cm³/mol. The van der Waals surface area contributed by atoms with Gasteiger partial charge in [0.1, 0.15) is 5.69 Å². The van der Waals surface area contributed by atoms with Gasteiger partial charge in [0, 0.05) is 12.7 Å². The van der Waals surface area contributed by atoms with Gasteiger partial charge >= 0.3 is 0 Å². The van der Waals surface area contributed by atoms with Gasteiger partial charge in [-0.25, -0.2) is 0 Å². The van der Waals surface area contributed by atoms with Crippen molar-refractivity contribution in [1.82, 2.24) is 15.5 Å². The molecule has 5 heteroatoms. The van der Waals surface area contributed by atoms with Crippen LogP contribution in [0.3, 0.4) is 0 Å². The number of H-pyrrole nitrogens is 1. The van der Waals surface area contributed by atoms with Gasteiger partial charge in [0.15, 0.2) is 0 Å². The molecule has 0 aliphatic heterocycles. The Bertz CT molecular complexity index is 753. The van der Waals surface area contributed by atoms with Gasteiger partial charge in [-0.3, -0.25) is 9.89 Å². The number of carbonyl (C=O) groups excluding carboxylic acids is 1. The van der Waals surface area contributed by atoms with Crippen LogP contribution in [-0.4, -0.2) is 27.8 Å². The van der Waals surface area contributed by atoms with E-state index in [4.69, 9.17) is 0 Å². The fraction of sp³-hybridized carbons (Fsp3) is 0.125. The monoisotopic (exact) mass is 281 g/mol. The third-order valence-corrected chi connectivity index (χ3v) is 3.36. The summed E-state index contributed by atoms with van der Waals surface area (Å²) in [5, 5.41) is 21.3. The van der Waals surface area contributed by atoms with Crippen LogP contribution in [0.1, 0.15) is 22.2 Å². The maximum Gasteiger partial charge on any atom is 0.269 e. The normalized spacial score (nSPS) is 12.2. The molecule has 3 aromatic rings. The lowest BCUT2D eigenvalue weighted by atomic mass is 10.0. The number of nitrogens with zero attached hydrogens (tertiary/aromatic N) is 1. The zero-order valence-corrected chi connectivity index (χ0v) is 11.3. The second-order valence-corrected chi connectivity index (χ2v) is 4.80. The molecule has 1 amide bonds. The molecule has 0 unspecified atom stereocenters. The van der Waals surface area contributed by atoms with Gasteiger partial charge in [0.25, 0.3) is 5.91 Å². The van der Waals surface area contributed by atoms with Crippen LogP contribution in [0.4, 0.5) is 0 Å². The van der Waals surface area contributed by atoms with Crippen molar-refractivity contribution in [1.29, 1.82) is 0 Å². The Hall–Kier alpha value is -2.66. The Morgan fingerprint density at radius 1 is 1.19 bits per heavy atom. The third kappa shape index (κ3) is 2.93. The first-order valence-corrected chi connectivity index (χ1v) is 6.68. The molecule has 0 bridgehead atoms. The molecule has 0 radical (unpaired) electrons. The lowest BCUT2D eigenvalue weighted by Crippen LogP contribution is -2.28. The van der Waals surface area contributed by atoms with Crippen molar-refractivity contribution in [2.75, 3.05) is 6.54 Å². The van der Waals surface area contributed by atoms with E-state index in [9.17, 15) is 9.90 Å². The van der Waals surface area contributed by atoms with Crippen LogP contribution in [0.5, 0.6) is 0 Å². The van der Waals surface area contributed by atoms with E-state index in [2.05, 4.69) is 15.5 Å². The van der Waals surface area contributed by atoms with Crippen LogP contribution >= 0.6 is 0 Å². The number of aliphatic hydroxyl groups excluding tert-OH is 1. The predicted octanol–water partition coefficient (Wildman–Crippen LogP) is 2.03. The second-order valence-electron chi connectivity index (χ2n) is 4.80. The second kappa shape index (κ2) is 5.76. The van der Waals surface area contributed by atoms with Gasteiger partial charge in [0.2, 0.25) is 0 Å². The van der Waals surface area contributed by atoms with Crippen LogP contribution in [0.25, 0.3) is 10.8 Å². The fourth-order valence-electron chi connectivity index (χ4n) is 2.20. The number of nitrogens with one attached hydrogen (secondary N) is 2. The summed E-state index contributed by atoms with van der Waals surface area (Å²) < 4.78 is 0. The summed E-state index contributed by atoms with van der Waals surface area (Å²) in [4.78, 5) is 11.8. The molecule has 1 heterocycles. The SMILES string of the molecule is O=C(NC[C@H](O)c1ccc2ccccc2c1)c1ccn[nH]1. The van der Waals surface area contributed by atoms with Crippen molar-refractivity contribution in [2.45, 2.75) is 6.10 Å². The standard InChI is InChI=1S/C16H15N3O2/c20-15(10-17-16(21)14-7-8-18-19-14)13-6-5-11-3-1-2-4-12(11)9-13/h1-9,15,20H,10H2,(H,17,21)(H,18,19)/t15-/m0/s1. The summed E-state index contributed by atoms with van der Waals surface area (Å²) in [7, 11) is 0. The van der Waals surface area contributed by atoms with Crippen LogP contribution in [-0.2, 0) is 0 Å². The van der Waals surface area contributed by atoms with E-state index in [1.54, 1.807) is 6.07 Å². The molecule has 0 saturated carbocycles. The van der Waals surface area contributed by atoms with Crippen molar-refractivity contribution >= 4 is 16.7 Å². The van der Waals surface area contributed by atoms with Crippen LogP contribution in [0.15, 0.2) is 54.7 Å². The number of aromatic amines is 1. The van der Waals surface area contributed by atoms with E-state index < -0.39 is 6.10 Å². The number of rotatable bonds is 4. The highest BCUT2D eigenvalue weighted by molar-refractivity contribution is 5.92. The average molecular weight is 281 g/mol. The van der Waals surface area contributed by atoms with Crippen molar-refractivity contribution < 1.29 is 9.90 Å². The maximum atomic E-state index is 11.8. The minimum atomic E-state index is -0.749. The first kappa shape index (κ1) is 13.3. The molecule has 1 atom stereocenters. The summed E-state index contributed by atoms with van der Waals surface area (Å²) in [6.45, 7) is 0.149. The Balaban J connectivity index is 1.69. The summed E-state index contributed by atoms with van der Waals surface area (Å²) in [5.74, 6) is -0.285. The van der Waals surface area contributed by atoms with Crippen LogP contribution in [0.2, 0.25) is 0 Å². The molecule has 2 aromatic carbocycles. The topological polar surface area (TPSA) is 78.0 Å². The Labute approximate surface area is 121 Å². The summed E-state index contributed by atoms with van der Waals surface area (Å²) >= 11 is 0. The number of carbonyl (C=O) groups is 1. The molecular weight excluding hydrogens is 266 g/mol. The lowest BCUT2D eigenvalue weighted by Gasteiger charge is -2.12. The molecule has 106 valence electrons. The minimum absolute atomic E-state index is 0.149. The minimum Gasteiger partial charge on any atom is -0.387 e. The fourth-order valence-corrected chi connectivity index (χ4v) is 2.20. The number of benzene rings is 2. The van der Waals surface area contributed by atoms with Crippen LogP contribution in [0, 0.1) is 0 Å². The molecule has 0 aliphatic carbocycles. The third-order valence-electron chi connectivity index (χ3n) is 3.36. The lowest BCUT2D eigenvalue weighted by molar-refractivity contribution is 0.0911. The van der Waals surface area contributed by atoms with Crippen molar-refractivity contribution in [3.05, 3.63) is 66.0 Å². The van der Waals surface area contributed by atoms with E-state index in [1.165, 1.54) is 6.20 Å². The number of hydrogen-bond donors (Lipinski definition) is 3. The summed E-state index contributed by atoms with van der Waals surface area (Å²) in [5.41, 5.74) is 1.15. The average Bonchev–Trinajstić information content (AvgIpc) is 3.06. The number of amides is 1. The molecule has 21 heavy (non-hydrogen) atoms. The van der Waals surface area contributed by atoms with Gasteiger partial charge in [0.05, 0.1) is 6.10 Å². The first-order valence-electron chi connectivity index (χ1n) is 6.68. The van der Waals surface area contributed by atoms with Gasteiger partial charge in [-0.15, -0.1) is 0 Å². The van der Waals surface area contributed by atoms with Crippen molar-refractivity contribution in [3.63, 3.8) is 0 Å². The molecule has 1 aromatic heterocycles. The quantitative estimate of drug-likeness (QED) is 0.684. The largest absolute Gasteiger partial charge is 0.387 e. The Kier molecular flexibility index (Phi) is 3.66. The van der Waals surface area contributed by atoms with Gasteiger partial charge < -0.3 is 10.4 Å². The zero-order valence-electron chi connectivity index (χ0n) is 11.3. The summed E-state index contributed by atoms with van der Waals surface area (Å²) in [6, 6.07) is 15.3. The molecule has 0 spiro atoms. The van der Waals surface area contributed by atoms with E-state index in [0.29, 0.717) is 5.69 Å². The molecular formula is C16H15N3O2. The number of hydrogen-bond acceptors (Lipinski definition) is 3. The van der Waals surface area contributed by atoms with E-state index in [0.717, 1.165) is 16.3 Å². The Morgan fingerprint density at radius 2 is 2.00 bits per heavy atom. The van der Waals surface area contributed by atoms with E-state index >= 15 is 0 Å². The smallest absolute Gasteiger partial charge is 0.269 e. The molecule has 0 aliphatic rings. The highest BCUT2D eigenvalue weighted by atomic mass is 16.3. The molecule has 0 fully saturated rings. The zero-order chi connectivity index (χ0) is 14.7. The molecule has 0 saturated heterocycles. The maximum absolute atomic E-state index is 11.8. The van der Waals surface area contributed by atoms with Gasteiger partial charge in [-0.05, 0) is 28.5 Å². The number of aromatic nitrogens is 2. The number of aliphatic hydroxyl groups is 1. The molecule has 3 rings (SSSR count).